The topological polar surface area (TPSA) is 140 Å². The first-order valence-electron chi connectivity index (χ1n) is 11.6. The molecular formula is C26H27N3O6. The highest BCUT2D eigenvalue weighted by molar-refractivity contribution is 5.86. The average Bonchev–Trinajstić information content (AvgIpc) is 3.19. The number of amides is 2. The van der Waals surface area contributed by atoms with Crippen molar-refractivity contribution in [3.05, 3.63) is 59.7 Å². The van der Waals surface area contributed by atoms with Crippen LogP contribution in [0.15, 0.2) is 48.5 Å². The second-order valence-corrected chi connectivity index (χ2v) is 8.92. The first kappa shape index (κ1) is 24.2. The van der Waals surface area contributed by atoms with Crippen LogP contribution in [-0.4, -0.2) is 64.4 Å². The fourth-order valence-corrected chi connectivity index (χ4v) is 4.74. The predicted octanol–water partition coefficient (Wildman–Crippen LogP) is 2.64. The van der Waals surface area contributed by atoms with Gasteiger partial charge in [-0.25, -0.2) is 4.79 Å². The van der Waals surface area contributed by atoms with Crippen molar-refractivity contribution in [1.29, 1.82) is 5.26 Å². The summed E-state index contributed by atoms with van der Waals surface area (Å²) in [5, 5.41) is 30.8. The minimum Gasteiger partial charge on any atom is -0.481 e. The third kappa shape index (κ3) is 5.28. The summed E-state index contributed by atoms with van der Waals surface area (Å²) in [5.74, 6) is -1.69. The molecule has 2 aromatic rings. The van der Waals surface area contributed by atoms with E-state index in [0.717, 1.165) is 22.3 Å². The summed E-state index contributed by atoms with van der Waals surface area (Å²) in [6, 6.07) is 16.6. The second-order valence-electron chi connectivity index (χ2n) is 8.92. The van der Waals surface area contributed by atoms with Crippen molar-refractivity contribution in [2.45, 2.75) is 43.2 Å². The fourth-order valence-electron chi connectivity index (χ4n) is 4.74. The van der Waals surface area contributed by atoms with E-state index in [2.05, 4.69) is 5.32 Å². The number of nitriles is 1. The van der Waals surface area contributed by atoms with Crippen LogP contribution in [0.3, 0.4) is 0 Å². The molecule has 2 aliphatic rings. The van der Waals surface area contributed by atoms with E-state index in [9.17, 15) is 19.5 Å². The van der Waals surface area contributed by atoms with Crippen LogP contribution < -0.4 is 5.32 Å². The van der Waals surface area contributed by atoms with Crippen molar-refractivity contribution in [1.82, 2.24) is 10.2 Å². The van der Waals surface area contributed by atoms with Gasteiger partial charge in [0.1, 0.15) is 12.6 Å². The molecule has 0 radical (unpaired) electrons. The number of carboxylic acid groups (broad SMARTS) is 1. The van der Waals surface area contributed by atoms with E-state index in [4.69, 9.17) is 15.1 Å². The Kier molecular flexibility index (Phi) is 7.03. The van der Waals surface area contributed by atoms with Gasteiger partial charge in [0.05, 0.1) is 6.07 Å². The van der Waals surface area contributed by atoms with Crippen LogP contribution in [0.25, 0.3) is 11.1 Å². The van der Waals surface area contributed by atoms with Gasteiger partial charge in [0.15, 0.2) is 5.60 Å². The molecule has 1 aliphatic heterocycles. The lowest BCUT2D eigenvalue weighted by molar-refractivity contribution is -0.138. The molecular weight excluding hydrogens is 450 g/mol. The quantitative estimate of drug-likeness (QED) is 0.521. The first-order valence-corrected chi connectivity index (χ1v) is 11.6. The van der Waals surface area contributed by atoms with Crippen LogP contribution in [0.2, 0.25) is 0 Å². The summed E-state index contributed by atoms with van der Waals surface area (Å²) in [4.78, 5) is 38.3. The fraction of sp³-hybridized carbons (Fsp3) is 0.385. The maximum atomic E-state index is 13.0. The number of nitrogens with one attached hydrogen (secondary N) is 1. The number of ether oxygens (including phenoxy) is 1. The van der Waals surface area contributed by atoms with Gasteiger partial charge in [0, 0.05) is 38.3 Å². The third-order valence-corrected chi connectivity index (χ3v) is 6.69. The number of alkyl carbamates (subject to hydrolysis) is 1. The Labute approximate surface area is 202 Å². The van der Waals surface area contributed by atoms with Gasteiger partial charge in [0.25, 0.3) is 0 Å². The smallest absolute Gasteiger partial charge is 0.407 e. The molecule has 1 saturated heterocycles. The lowest BCUT2D eigenvalue weighted by Crippen LogP contribution is -2.53. The van der Waals surface area contributed by atoms with Crippen LogP contribution in [0.1, 0.15) is 42.7 Å². The van der Waals surface area contributed by atoms with E-state index in [1.165, 1.54) is 4.90 Å². The number of likely N-dealkylation sites (tertiary alicyclic amines) is 1. The van der Waals surface area contributed by atoms with E-state index in [-0.39, 0.29) is 51.3 Å². The lowest BCUT2D eigenvalue weighted by Gasteiger charge is -2.35. The molecule has 2 amide bonds. The number of carbonyl (C=O) groups excluding carboxylic acids is 2. The number of benzene rings is 2. The monoisotopic (exact) mass is 477 g/mol. The molecule has 35 heavy (non-hydrogen) atoms. The summed E-state index contributed by atoms with van der Waals surface area (Å²) in [6.07, 6.45) is -1.04. The molecule has 0 bridgehead atoms. The highest BCUT2D eigenvalue weighted by Crippen LogP contribution is 2.44. The van der Waals surface area contributed by atoms with Crippen molar-refractivity contribution in [2.24, 2.45) is 0 Å². The molecule has 1 atom stereocenters. The van der Waals surface area contributed by atoms with Gasteiger partial charge in [-0.1, -0.05) is 48.5 Å². The Bertz CT molecular complexity index is 1120. The zero-order chi connectivity index (χ0) is 25.0. The Balaban J connectivity index is 1.41. The normalized spacial score (nSPS) is 17.0. The van der Waals surface area contributed by atoms with Gasteiger partial charge < -0.3 is 25.2 Å². The van der Waals surface area contributed by atoms with E-state index >= 15 is 0 Å². The third-order valence-electron chi connectivity index (χ3n) is 6.69. The number of fused-ring (bicyclic) bond motifs is 3. The van der Waals surface area contributed by atoms with E-state index in [1.807, 2.05) is 54.6 Å². The number of carbonyl (C=O) groups is 3. The molecule has 1 unspecified atom stereocenters. The van der Waals surface area contributed by atoms with Gasteiger partial charge in [-0.3, -0.25) is 9.59 Å². The van der Waals surface area contributed by atoms with Crippen molar-refractivity contribution in [3.8, 4) is 17.2 Å². The Morgan fingerprint density at radius 3 is 2.20 bits per heavy atom. The number of aliphatic carboxylic acids is 1. The Hall–Kier alpha value is -3.90. The summed E-state index contributed by atoms with van der Waals surface area (Å²) in [7, 11) is 0. The van der Waals surface area contributed by atoms with Crippen LogP contribution in [0, 0.1) is 11.3 Å². The SMILES string of the molecule is N#CC1(O)CCN(C(=O)C(CCC(=O)O)NC(=O)OCC2c3ccccc3-c3ccccc32)CC1. The standard InChI is InChI=1S/C26H27N3O6/c27-16-26(34)11-13-29(14-12-26)24(32)22(9-10-23(30)31)28-25(33)35-15-21-19-7-3-1-5-17(19)18-6-2-4-8-20(18)21/h1-8,21-22,34H,9-15H2,(H,28,33)(H,30,31). The number of hydrogen-bond acceptors (Lipinski definition) is 6. The van der Waals surface area contributed by atoms with Crippen molar-refractivity contribution < 1.29 is 29.3 Å². The van der Waals surface area contributed by atoms with Crippen LogP contribution in [0.4, 0.5) is 4.79 Å². The highest BCUT2D eigenvalue weighted by Gasteiger charge is 2.36. The molecule has 0 saturated carbocycles. The first-order chi connectivity index (χ1) is 16.8. The molecule has 1 heterocycles. The summed E-state index contributed by atoms with van der Waals surface area (Å²) < 4.78 is 5.51. The molecule has 4 rings (SSSR count). The Morgan fingerprint density at radius 2 is 1.66 bits per heavy atom. The number of piperidine rings is 1. The Morgan fingerprint density at radius 1 is 1.09 bits per heavy atom. The average molecular weight is 478 g/mol. The predicted molar refractivity (Wildman–Crippen MR) is 125 cm³/mol. The number of aliphatic hydroxyl groups is 1. The van der Waals surface area contributed by atoms with Gasteiger partial charge in [-0.15, -0.1) is 0 Å². The molecule has 1 aliphatic carbocycles. The van der Waals surface area contributed by atoms with E-state index in [0.29, 0.717) is 0 Å². The van der Waals surface area contributed by atoms with E-state index in [1.54, 1.807) is 0 Å². The number of hydrogen-bond donors (Lipinski definition) is 3. The summed E-state index contributed by atoms with van der Waals surface area (Å²) >= 11 is 0. The molecule has 9 nitrogen and oxygen atoms in total. The van der Waals surface area contributed by atoms with Gasteiger partial charge in [0.2, 0.25) is 5.91 Å². The maximum Gasteiger partial charge on any atom is 0.407 e. The number of carboxylic acids is 1. The van der Waals surface area contributed by atoms with Crippen molar-refractivity contribution >= 4 is 18.0 Å². The number of nitrogens with zero attached hydrogens (tertiary/aromatic N) is 2. The molecule has 9 heteroatoms. The largest absolute Gasteiger partial charge is 0.481 e. The van der Waals surface area contributed by atoms with Crippen LogP contribution in [-0.2, 0) is 14.3 Å². The molecule has 2 aromatic carbocycles. The molecule has 3 N–H and O–H groups in total. The molecule has 0 spiro atoms. The minimum atomic E-state index is -1.48. The molecule has 182 valence electrons. The van der Waals surface area contributed by atoms with Crippen LogP contribution in [0.5, 0.6) is 0 Å². The summed E-state index contributed by atoms with van der Waals surface area (Å²) in [5.41, 5.74) is 2.81. The highest BCUT2D eigenvalue weighted by atomic mass is 16.5. The molecule has 1 fully saturated rings. The second kappa shape index (κ2) is 10.2. The minimum absolute atomic E-state index is 0.0681. The lowest BCUT2D eigenvalue weighted by atomic mass is 9.92. The van der Waals surface area contributed by atoms with Gasteiger partial charge in [-0.2, -0.15) is 5.26 Å². The van der Waals surface area contributed by atoms with Crippen molar-refractivity contribution in [3.63, 3.8) is 0 Å². The zero-order valence-corrected chi connectivity index (χ0v) is 19.1. The van der Waals surface area contributed by atoms with Crippen molar-refractivity contribution in [2.75, 3.05) is 19.7 Å². The van der Waals surface area contributed by atoms with E-state index < -0.39 is 29.6 Å². The number of rotatable bonds is 7. The van der Waals surface area contributed by atoms with Crippen LogP contribution >= 0.6 is 0 Å². The summed E-state index contributed by atoms with van der Waals surface area (Å²) in [6.45, 7) is 0.344. The maximum absolute atomic E-state index is 13.0. The molecule has 0 aromatic heterocycles. The van der Waals surface area contributed by atoms with Gasteiger partial charge in [-0.05, 0) is 28.7 Å². The van der Waals surface area contributed by atoms with Gasteiger partial charge >= 0.3 is 12.1 Å². The zero-order valence-electron chi connectivity index (χ0n) is 19.1.